The normalized spacial score (nSPS) is 33.6. The molecule has 17 heavy (non-hydrogen) atoms. The van der Waals surface area contributed by atoms with E-state index >= 15 is 0 Å². The van der Waals surface area contributed by atoms with Gasteiger partial charge in [-0.1, -0.05) is 0 Å². The predicted molar refractivity (Wildman–Crippen MR) is 66.8 cm³/mol. The molecule has 4 nitrogen and oxygen atoms in total. The van der Waals surface area contributed by atoms with Gasteiger partial charge in [0.2, 0.25) is 5.91 Å². The van der Waals surface area contributed by atoms with Gasteiger partial charge in [0.1, 0.15) is 0 Å². The van der Waals surface area contributed by atoms with Crippen LogP contribution in [0.1, 0.15) is 32.6 Å². The molecule has 0 aromatic carbocycles. The van der Waals surface area contributed by atoms with Gasteiger partial charge in [0.15, 0.2) is 0 Å². The highest BCUT2D eigenvalue weighted by Gasteiger charge is 2.38. The minimum atomic E-state index is -0.329. The number of hydrogen-bond donors (Lipinski definition) is 1. The van der Waals surface area contributed by atoms with Crippen LogP contribution in [0.5, 0.6) is 0 Å². The molecule has 0 radical (unpaired) electrons. The lowest BCUT2D eigenvalue weighted by Crippen LogP contribution is -2.52. The first kappa shape index (κ1) is 12.8. The van der Waals surface area contributed by atoms with Crippen LogP contribution in [-0.2, 0) is 9.53 Å². The first-order valence-corrected chi connectivity index (χ1v) is 6.70. The number of nitrogens with zero attached hydrogens (tertiary/aromatic N) is 1. The lowest BCUT2D eigenvalue weighted by atomic mass is 9.96. The summed E-state index contributed by atoms with van der Waals surface area (Å²) >= 11 is 0. The Bertz CT molecular complexity index is 269. The Hall–Kier alpha value is -0.610. The van der Waals surface area contributed by atoms with Gasteiger partial charge in [0.05, 0.1) is 12.1 Å². The number of hydrogen-bond acceptors (Lipinski definition) is 3. The van der Waals surface area contributed by atoms with E-state index < -0.39 is 0 Å². The van der Waals surface area contributed by atoms with E-state index in [4.69, 9.17) is 4.74 Å². The third kappa shape index (κ3) is 2.99. The average Bonchev–Trinajstić information content (AvgIpc) is 2.78. The Labute approximate surface area is 104 Å². The van der Waals surface area contributed by atoms with Crippen molar-refractivity contribution in [3.63, 3.8) is 0 Å². The molecule has 0 saturated carbocycles. The van der Waals surface area contributed by atoms with Crippen LogP contribution in [-0.4, -0.2) is 49.7 Å². The third-order valence-electron chi connectivity index (χ3n) is 3.97. The maximum absolute atomic E-state index is 12.4. The van der Waals surface area contributed by atoms with Crippen LogP contribution in [0.15, 0.2) is 0 Å². The highest BCUT2D eigenvalue weighted by atomic mass is 16.5. The molecule has 2 unspecified atom stereocenters. The Morgan fingerprint density at radius 2 is 2.35 bits per heavy atom. The summed E-state index contributed by atoms with van der Waals surface area (Å²) in [6.07, 6.45) is 4.37. The molecule has 0 aromatic heterocycles. The van der Waals surface area contributed by atoms with E-state index in [1.165, 1.54) is 6.42 Å². The van der Waals surface area contributed by atoms with Crippen molar-refractivity contribution in [3.8, 4) is 0 Å². The maximum Gasteiger partial charge on any atom is 0.242 e. The quantitative estimate of drug-likeness (QED) is 0.800. The molecular formula is C13H24N2O2. The number of carbonyl (C=O) groups excluding carboxylic acids is 1. The van der Waals surface area contributed by atoms with Crippen molar-refractivity contribution in [1.82, 2.24) is 10.2 Å². The predicted octanol–water partition coefficient (Wildman–Crippen LogP) is 1.01. The van der Waals surface area contributed by atoms with E-state index in [0.29, 0.717) is 5.92 Å². The van der Waals surface area contributed by atoms with Crippen molar-refractivity contribution in [2.75, 3.05) is 33.4 Å². The highest BCUT2D eigenvalue weighted by molar-refractivity contribution is 5.86. The second-order valence-corrected chi connectivity index (χ2v) is 5.63. The largest absolute Gasteiger partial charge is 0.381 e. The van der Waals surface area contributed by atoms with Gasteiger partial charge in [0, 0.05) is 20.2 Å². The second kappa shape index (κ2) is 5.36. The van der Waals surface area contributed by atoms with Crippen molar-refractivity contribution < 1.29 is 9.53 Å². The van der Waals surface area contributed by atoms with Crippen LogP contribution in [0.3, 0.4) is 0 Å². The smallest absolute Gasteiger partial charge is 0.242 e. The minimum absolute atomic E-state index is 0.237. The van der Waals surface area contributed by atoms with Crippen molar-refractivity contribution in [2.45, 2.75) is 38.1 Å². The Balaban J connectivity index is 1.85. The second-order valence-electron chi connectivity index (χ2n) is 5.63. The zero-order chi connectivity index (χ0) is 12.3. The SMILES string of the molecule is CN(CC1CCCOC1)C(=O)C1(C)CCCN1. The molecule has 2 rings (SSSR count). The third-order valence-corrected chi connectivity index (χ3v) is 3.97. The molecule has 2 heterocycles. The van der Waals surface area contributed by atoms with Crippen molar-refractivity contribution >= 4 is 5.91 Å². The summed E-state index contributed by atoms with van der Waals surface area (Å²) in [5, 5.41) is 3.33. The summed E-state index contributed by atoms with van der Waals surface area (Å²) in [5.74, 6) is 0.753. The molecule has 0 aliphatic carbocycles. The first-order chi connectivity index (χ1) is 8.12. The molecule has 2 fully saturated rings. The van der Waals surface area contributed by atoms with E-state index in [1.807, 2.05) is 18.9 Å². The standard InChI is InChI=1S/C13H24N2O2/c1-13(6-4-7-14-13)12(16)15(2)9-11-5-3-8-17-10-11/h11,14H,3-10H2,1-2H3. The van der Waals surface area contributed by atoms with Crippen LogP contribution in [0.2, 0.25) is 0 Å². The molecule has 98 valence electrons. The summed E-state index contributed by atoms with van der Waals surface area (Å²) in [6, 6.07) is 0. The molecule has 1 amide bonds. The van der Waals surface area contributed by atoms with Crippen LogP contribution in [0, 0.1) is 5.92 Å². The highest BCUT2D eigenvalue weighted by Crippen LogP contribution is 2.22. The van der Waals surface area contributed by atoms with Gasteiger partial charge in [-0.3, -0.25) is 4.79 Å². The number of likely N-dealkylation sites (N-methyl/N-ethyl adjacent to an activating group) is 1. The van der Waals surface area contributed by atoms with Gasteiger partial charge in [-0.2, -0.15) is 0 Å². The van der Waals surface area contributed by atoms with Gasteiger partial charge < -0.3 is 15.0 Å². The molecular weight excluding hydrogens is 216 g/mol. The van der Waals surface area contributed by atoms with Gasteiger partial charge in [0.25, 0.3) is 0 Å². The van der Waals surface area contributed by atoms with Gasteiger partial charge in [-0.05, 0) is 45.1 Å². The molecule has 2 aliphatic heterocycles. The molecule has 2 saturated heterocycles. The Kier molecular flexibility index (Phi) is 4.05. The fourth-order valence-electron chi connectivity index (χ4n) is 2.92. The topological polar surface area (TPSA) is 41.6 Å². The minimum Gasteiger partial charge on any atom is -0.381 e. The van der Waals surface area contributed by atoms with Crippen molar-refractivity contribution in [1.29, 1.82) is 0 Å². The number of rotatable bonds is 3. The van der Waals surface area contributed by atoms with Gasteiger partial charge >= 0.3 is 0 Å². The van der Waals surface area contributed by atoms with Crippen LogP contribution in [0.4, 0.5) is 0 Å². The molecule has 1 N–H and O–H groups in total. The van der Waals surface area contributed by atoms with E-state index in [2.05, 4.69) is 5.32 Å². The maximum atomic E-state index is 12.4. The van der Waals surface area contributed by atoms with Crippen LogP contribution < -0.4 is 5.32 Å². The summed E-state index contributed by atoms with van der Waals surface area (Å²) < 4.78 is 5.46. The summed E-state index contributed by atoms with van der Waals surface area (Å²) in [5.41, 5.74) is -0.329. The van der Waals surface area contributed by atoms with Crippen molar-refractivity contribution in [2.24, 2.45) is 5.92 Å². The van der Waals surface area contributed by atoms with E-state index in [1.54, 1.807) is 0 Å². The summed E-state index contributed by atoms with van der Waals surface area (Å²) in [7, 11) is 1.92. The van der Waals surface area contributed by atoms with Gasteiger partial charge in [-0.15, -0.1) is 0 Å². The molecule has 2 aliphatic rings. The molecule has 2 atom stereocenters. The average molecular weight is 240 g/mol. The fourth-order valence-corrected chi connectivity index (χ4v) is 2.92. The number of carbonyl (C=O) groups is 1. The monoisotopic (exact) mass is 240 g/mol. The Morgan fingerprint density at radius 3 is 2.94 bits per heavy atom. The molecule has 0 spiro atoms. The number of nitrogens with one attached hydrogen (secondary N) is 1. The van der Waals surface area contributed by atoms with Crippen LogP contribution in [0.25, 0.3) is 0 Å². The van der Waals surface area contributed by atoms with E-state index in [9.17, 15) is 4.79 Å². The summed E-state index contributed by atoms with van der Waals surface area (Å²) in [6.45, 7) is 5.50. The van der Waals surface area contributed by atoms with E-state index in [-0.39, 0.29) is 11.4 Å². The first-order valence-electron chi connectivity index (χ1n) is 6.70. The van der Waals surface area contributed by atoms with Crippen LogP contribution >= 0.6 is 0 Å². The molecule has 0 bridgehead atoms. The number of amides is 1. The Morgan fingerprint density at radius 1 is 1.53 bits per heavy atom. The number of ether oxygens (including phenoxy) is 1. The van der Waals surface area contributed by atoms with Gasteiger partial charge in [-0.25, -0.2) is 0 Å². The zero-order valence-corrected chi connectivity index (χ0v) is 11.0. The fraction of sp³-hybridized carbons (Fsp3) is 0.923. The zero-order valence-electron chi connectivity index (χ0n) is 11.0. The lowest BCUT2D eigenvalue weighted by molar-refractivity contribution is -0.137. The molecule has 4 heteroatoms. The van der Waals surface area contributed by atoms with E-state index in [0.717, 1.165) is 45.6 Å². The lowest BCUT2D eigenvalue weighted by Gasteiger charge is -2.32. The van der Waals surface area contributed by atoms with Crippen molar-refractivity contribution in [3.05, 3.63) is 0 Å². The molecule has 0 aromatic rings. The summed E-state index contributed by atoms with van der Waals surface area (Å²) in [4.78, 5) is 14.2.